The van der Waals surface area contributed by atoms with Gasteiger partial charge in [0.15, 0.2) is 10.6 Å². The van der Waals surface area contributed by atoms with Crippen molar-refractivity contribution in [2.45, 2.75) is 26.4 Å². The molecule has 2 aromatic carbocycles. The molecule has 0 saturated heterocycles. The predicted molar refractivity (Wildman–Crippen MR) is 138 cm³/mol. The van der Waals surface area contributed by atoms with E-state index in [2.05, 4.69) is 19.8 Å². The van der Waals surface area contributed by atoms with Gasteiger partial charge < -0.3 is 10.8 Å². The van der Waals surface area contributed by atoms with Gasteiger partial charge in [-0.15, -0.1) is 0 Å². The molecule has 0 aliphatic carbocycles. The van der Waals surface area contributed by atoms with Crippen molar-refractivity contribution in [3.05, 3.63) is 93.2 Å². The summed E-state index contributed by atoms with van der Waals surface area (Å²) in [7, 11) is 0. The van der Waals surface area contributed by atoms with Crippen molar-refractivity contribution in [2.75, 3.05) is 10.7 Å². The fourth-order valence-corrected chi connectivity index (χ4v) is 5.47. The molecule has 0 amide bonds. The zero-order chi connectivity index (χ0) is 25.8. The Hall–Kier alpha value is -4.42. The van der Waals surface area contributed by atoms with Crippen molar-refractivity contribution in [2.24, 2.45) is 0 Å². The predicted octanol–water partition coefficient (Wildman–Crippen LogP) is 3.29. The molecule has 1 aliphatic rings. The van der Waals surface area contributed by atoms with Gasteiger partial charge in [-0.3, -0.25) is 14.4 Å². The summed E-state index contributed by atoms with van der Waals surface area (Å²) in [4.78, 5) is 27.6. The molecule has 4 heterocycles. The SMILES string of the molecule is Cc1ccccc1-n1c(CN2NC(c3cc(O)cc(F)c3)c3c(N)ncnc32)nc2snc(C)c2c1=O. The van der Waals surface area contributed by atoms with Crippen molar-refractivity contribution in [1.82, 2.24) is 29.3 Å². The summed E-state index contributed by atoms with van der Waals surface area (Å²) in [5, 5.41) is 12.2. The number of hydrazine groups is 1. The molecule has 0 bridgehead atoms. The second kappa shape index (κ2) is 8.61. The van der Waals surface area contributed by atoms with E-state index in [1.54, 1.807) is 16.5 Å². The number of fused-ring (bicyclic) bond motifs is 2. The molecule has 4 N–H and O–H groups in total. The topological polar surface area (TPSA) is 135 Å². The first-order chi connectivity index (χ1) is 17.8. The van der Waals surface area contributed by atoms with Crippen LogP contribution in [0, 0.1) is 19.7 Å². The normalized spacial score (nSPS) is 14.9. The first kappa shape index (κ1) is 23.0. The number of hydrogen-bond acceptors (Lipinski definition) is 10. The second-order valence-electron chi connectivity index (χ2n) is 8.79. The number of hydrogen-bond donors (Lipinski definition) is 3. The van der Waals surface area contributed by atoms with Gasteiger partial charge in [-0.25, -0.2) is 24.8 Å². The summed E-state index contributed by atoms with van der Waals surface area (Å²) >= 11 is 1.17. The van der Waals surface area contributed by atoms with Crippen LogP contribution in [0.15, 0.2) is 53.6 Å². The number of nitrogen functional groups attached to an aromatic ring is 1. The first-order valence-electron chi connectivity index (χ1n) is 11.4. The molecule has 0 fully saturated rings. The molecule has 1 unspecified atom stereocenters. The number of aromatic hydroxyl groups is 1. The van der Waals surface area contributed by atoms with E-state index in [-0.39, 0.29) is 23.7 Å². The van der Waals surface area contributed by atoms with E-state index in [0.717, 1.165) is 11.6 Å². The Bertz CT molecular complexity index is 1730. The van der Waals surface area contributed by atoms with E-state index in [1.165, 1.54) is 30.0 Å². The molecule has 1 aliphatic heterocycles. The lowest BCUT2D eigenvalue weighted by atomic mass is 10.0. The van der Waals surface area contributed by atoms with Gasteiger partial charge in [-0.1, -0.05) is 18.2 Å². The van der Waals surface area contributed by atoms with Gasteiger partial charge in [0.2, 0.25) is 0 Å². The van der Waals surface area contributed by atoms with Crippen molar-refractivity contribution in [3.8, 4) is 11.4 Å². The molecule has 0 radical (unpaired) electrons. The van der Waals surface area contributed by atoms with Crippen LogP contribution in [0.4, 0.5) is 16.0 Å². The van der Waals surface area contributed by atoms with Gasteiger partial charge in [0.05, 0.1) is 29.5 Å². The molecule has 6 rings (SSSR count). The molecule has 37 heavy (non-hydrogen) atoms. The fraction of sp³-hybridized carbons (Fsp3) is 0.160. The van der Waals surface area contributed by atoms with E-state index in [9.17, 15) is 14.3 Å². The number of halogens is 1. The minimum atomic E-state index is -0.634. The highest BCUT2D eigenvalue weighted by Gasteiger charge is 2.35. The monoisotopic (exact) mass is 516 g/mol. The molecule has 12 heteroatoms. The zero-order valence-corrected chi connectivity index (χ0v) is 20.6. The van der Waals surface area contributed by atoms with Crippen LogP contribution in [0.25, 0.3) is 15.9 Å². The third-order valence-electron chi connectivity index (χ3n) is 6.37. The van der Waals surface area contributed by atoms with E-state index >= 15 is 0 Å². The number of nitrogens with zero attached hydrogens (tertiary/aromatic N) is 6. The van der Waals surface area contributed by atoms with Crippen LogP contribution in [0.5, 0.6) is 5.75 Å². The Morgan fingerprint density at radius 3 is 2.78 bits per heavy atom. The number of rotatable bonds is 4. The second-order valence-corrected chi connectivity index (χ2v) is 9.54. The van der Waals surface area contributed by atoms with Gasteiger partial charge in [-0.2, -0.15) is 4.37 Å². The largest absolute Gasteiger partial charge is 0.508 e. The number of para-hydroxylation sites is 1. The number of nitrogens with two attached hydrogens (primary N) is 1. The van der Waals surface area contributed by atoms with Gasteiger partial charge in [0.1, 0.15) is 34.9 Å². The van der Waals surface area contributed by atoms with Crippen LogP contribution in [-0.2, 0) is 6.54 Å². The number of phenolic OH excluding ortho intramolecular Hbond substituents is 1. The minimum absolute atomic E-state index is 0.123. The number of benzene rings is 2. The smallest absolute Gasteiger partial charge is 0.268 e. The maximum atomic E-state index is 14.2. The summed E-state index contributed by atoms with van der Waals surface area (Å²) in [5.41, 5.74) is 12.5. The quantitative estimate of drug-likeness (QED) is 0.329. The lowest BCUT2D eigenvalue weighted by Gasteiger charge is -2.22. The Labute approximate surface area is 214 Å². The van der Waals surface area contributed by atoms with Crippen molar-refractivity contribution < 1.29 is 9.50 Å². The van der Waals surface area contributed by atoms with Gasteiger partial charge >= 0.3 is 0 Å². The Morgan fingerprint density at radius 2 is 2.00 bits per heavy atom. The zero-order valence-electron chi connectivity index (χ0n) is 19.8. The van der Waals surface area contributed by atoms with Crippen molar-refractivity contribution >= 4 is 33.4 Å². The Balaban J connectivity index is 1.51. The van der Waals surface area contributed by atoms with E-state index in [4.69, 9.17) is 10.7 Å². The molecular formula is C25H21FN8O2S. The highest BCUT2D eigenvalue weighted by molar-refractivity contribution is 7.12. The Morgan fingerprint density at radius 1 is 1.19 bits per heavy atom. The molecular weight excluding hydrogens is 495 g/mol. The molecule has 3 aromatic heterocycles. The summed E-state index contributed by atoms with van der Waals surface area (Å²) in [6.07, 6.45) is 1.34. The highest BCUT2D eigenvalue weighted by Crippen LogP contribution is 2.39. The fourth-order valence-electron chi connectivity index (χ4n) is 4.68. The van der Waals surface area contributed by atoms with Crippen LogP contribution in [0.3, 0.4) is 0 Å². The summed E-state index contributed by atoms with van der Waals surface area (Å²) in [5.74, 6) is 0.328. The van der Waals surface area contributed by atoms with Crippen LogP contribution in [0.1, 0.15) is 34.3 Å². The van der Waals surface area contributed by atoms with E-state index < -0.39 is 11.9 Å². The number of nitrogens with one attached hydrogen (secondary N) is 1. The summed E-state index contributed by atoms with van der Waals surface area (Å²) < 4.78 is 20.1. The minimum Gasteiger partial charge on any atom is -0.508 e. The maximum absolute atomic E-state index is 14.2. The standard InChI is InChI=1S/C25H21FN8O2S/c1-12-5-3-4-6-17(12)34-18(30-24-19(25(34)36)13(2)32-37-24)10-33-23-20(22(27)28-11-29-23)21(31-33)14-7-15(26)9-16(35)8-14/h3-9,11,21,31,35H,10H2,1-2H3,(H2,27,28,29). The molecule has 10 nitrogen and oxygen atoms in total. The van der Waals surface area contributed by atoms with Gasteiger partial charge in [0.25, 0.3) is 5.56 Å². The van der Waals surface area contributed by atoms with Crippen molar-refractivity contribution in [1.29, 1.82) is 0 Å². The van der Waals surface area contributed by atoms with Crippen LogP contribution in [-0.4, -0.2) is 29.0 Å². The van der Waals surface area contributed by atoms with E-state index in [1.807, 2.05) is 31.2 Å². The Kier molecular flexibility index (Phi) is 5.35. The molecule has 0 saturated carbocycles. The lowest BCUT2D eigenvalue weighted by molar-refractivity contribution is 0.466. The van der Waals surface area contributed by atoms with Crippen LogP contribution in [0.2, 0.25) is 0 Å². The summed E-state index contributed by atoms with van der Waals surface area (Å²) in [6, 6.07) is 10.7. The molecule has 1 atom stereocenters. The van der Waals surface area contributed by atoms with Crippen LogP contribution >= 0.6 is 11.5 Å². The first-order valence-corrected chi connectivity index (χ1v) is 12.2. The molecule has 0 spiro atoms. The van der Waals surface area contributed by atoms with Gasteiger partial charge in [-0.05, 0) is 54.7 Å². The molecule has 186 valence electrons. The highest BCUT2D eigenvalue weighted by atomic mass is 32.1. The van der Waals surface area contributed by atoms with Crippen LogP contribution < -0.4 is 21.7 Å². The number of anilines is 2. The number of aromatic nitrogens is 5. The lowest BCUT2D eigenvalue weighted by Crippen LogP contribution is -2.37. The third-order valence-corrected chi connectivity index (χ3v) is 7.20. The average molecular weight is 517 g/mol. The maximum Gasteiger partial charge on any atom is 0.268 e. The summed E-state index contributed by atoms with van der Waals surface area (Å²) in [6.45, 7) is 3.84. The molecule has 5 aromatic rings. The van der Waals surface area contributed by atoms with Crippen molar-refractivity contribution in [3.63, 3.8) is 0 Å². The van der Waals surface area contributed by atoms with Gasteiger partial charge in [0, 0.05) is 6.07 Å². The third kappa shape index (κ3) is 3.77. The van der Waals surface area contributed by atoms with E-state index in [0.29, 0.717) is 44.4 Å². The number of phenols is 1. The number of aryl methyl sites for hydroxylation is 2. The average Bonchev–Trinajstić information content (AvgIpc) is 3.41.